The molecule has 4 aromatic heterocycles. The summed E-state index contributed by atoms with van der Waals surface area (Å²) >= 11 is 0. The Balaban J connectivity index is 1.19. The number of carbonyl (C=O) groups excluding carboxylic acids is 6. The van der Waals surface area contributed by atoms with Crippen LogP contribution >= 0.6 is 0 Å². The van der Waals surface area contributed by atoms with Crippen molar-refractivity contribution in [3.63, 3.8) is 0 Å². The highest BCUT2D eigenvalue weighted by atomic mass is 16.2. The lowest BCUT2D eigenvalue weighted by atomic mass is 9.90. The maximum Gasteiger partial charge on any atom is 0.272 e. The van der Waals surface area contributed by atoms with Crippen molar-refractivity contribution >= 4 is 58.2 Å². The molecule has 2 atom stereocenters. The number of rotatable bonds is 12. The van der Waals surface area contributed by atoms with Crippen molar-refractivity contribution in [1.29, 1.82) is 0 Å². The Morgan fingerprint density at radius 2 is 1.02 bits per heavy atom. The molecular weight excluding hydrogens is 660 g/mol. The molecule has 0 radical (unpaired) electrons. The molecule has 1 aliphatic rings. The van der Waals surface area contributed by atoms with Crippen LogP contribution in [-0.4, -0.2) is 79.3 Å². The molecule has 11 N–H and O–H groups in total. The standard InChI is InChI=1S/C33H42N12O6/c1-43-15-19(38-29(47)13-35)9-25(43)31(49)40-21-11-27(45(3)17-21)33(51)42-23-7-5-4-6-22(23)41-32(50)26-10-20(16-44(26)2)39-30(48)24-8-18(14-36-24)37-28(46)12-34/h8-11,14-17,22-23,36H,4-7,12-13,34-35H2,1-3H3,(H,37,46)(H,38,47)(H,39,48)(H,40,49)(H,41,50)(H,42,51). The lowest BCUT2D eigenvalue weighted by molar-refractivity contribution is -0.115. The van der Waals surface area contributed by atoms with Crippen LogP contribution in [0, 0.1) is 0 Å². The molecule has 270 valence electrons. The Morgan fingerprint density at radius 1 is 0.608 bits per heavy atom. The molecule has 0 spiro atoms. The Bertz CT molecular complexity index is 1970. The summed E-state index contributed by atoms with van der Waals surface area (Å²) in [4.78, 5) is 78.6. The van der Waals surface area contributed by atoms with E-state index in [4.69, 9.17) is 11.5 Å². The van der Waals surface area contributed by atoms with E-state index in [1.807, 2.05) is 0 Å². The van der Waals surface area contributed by atoms with E-state index in [0.29, 0.717) is 47.0 Å². The number of H-pyrrole nitrogens is 1. The lowest BCUT2D eigenvalue weighted by Crippen LogP contribution is -2.53. The van der Waals surface area contributed by atoms with Crippen LogP contribution < -0.4 is 43.4 Å². The number of amides is 6. The van der Waals surface area contributed by atoms with Gasteiger partial charge in [-0.25, -0.2) is 0 Å². The van der Waals surface area contributed by atoms with Crippen molar-refractivity contribution in [3.8, 4) is 0 Å². The summed E-state index contributed by atoms with van der Waals surface area (Å²) < 4.78 is 4.76. The van der Waals surface area contributed by atoms with E-state index in [0.717, 1.165) is 12.8 Å². The van der Waals surface area contributed by atoms with E-state index in [9.17, 15) is 28.8 Å². The minimum Gasteiger partial charge on any atom is -0.355 e. The molecule has 4 heterocycles. The summed E-state index contributed by atoms with van der Waals surface area (Å²) in [6, 6.07) is 5.40. The fourth-order valence-corrected chi connectivity index (χ4v) is 5.95. The van der Waals surface area contributed by atoms with E-state index in [1.165, 1.54) is 18.3 Å². The Hall–Kier alpha value is -6.14. The molecule has 1 saturated carbocycles. The maximum atomic E-state index is 13.5. The number of aromatic nitrogens is 4. The first kappa shape index (κ1) is 36.1. The highest BCUT2D eigenvalue weighted by molar-refractivity contribution is 6.06. The van der Waals surface area contributed by atoms with Gasteiger partial charge < -0.3 is 62.1 Å². The quantitative estimate of drug-likeness (QED) is 0.102. The van der Waals surface area contributed by atoms with E-state index >= 15 is 0 Å². The van der Waals surface area contributed by atoms with Gasteiger partial charge in [-0.05, 0) is 37.1 Å². The maximum absolute atomic E-state index is 13.5. The summed E-state index contributed by atoms with van der Waals surface area (Å²) in [6.45, 7) is -0.380. The Kier molecular flexibility index (Phi) is 11.1. The topological polar surface area (TPSA) is 257 Å². The molecule has 5 rings (SSSR count). The third-order valence-electron chi connectivity index (χ3n) is 8.49. The van der Waals surface area contributed by atoms with E-state index in [1.54, 1.807) is 65.6 Å². The fraction of sp³-hybridized carbons (Fsp3) is 0.333. The van der Waals surface area contributed by atoms with Gasteiger partial charge in [-0.3, -0.25) is 28.8 Å². The SMILES string of the molecule is Cn1cc(NC(=O)CN)cc1C(=O)Nc1cc(C(=O)NC2CCCCC2NC(=O)c2cc(NC(=O)c3cc(NC(=O)CN)c[nH]3)cn2C)n(C)c1. The van der Waals surface area contributed by atoms with Gasteiger partial charge in [-0.1, -0.05) is 12.8 Å². The van der Waals surface area contributed by atoms with Gasteiger partial charge in [0.25, 0.3) is 23.6 Å². The second-order valence-corrected chi connectivity index (χ2v) is 12.3. The first-order valence-electron chi connectivity index (χ1n) is 16.3. The number of hydrogen-bond acceptors (Lipinski definition) is 8. The molecule has 1 aliphatic carbocycles. The molecule has 51 heavy (non-hydrogen) atoms. The zero-order valence-electron chi connectivity index (χ0n) is 28.5. The smallest absolute Gasteiger partial charge is 0.272 e. The first-order chi connectivity index (χ1) is 24.3. The zero-order chi connectivity index (χ0) is 36.8. The van der Waals surface area contributed by atoms with Crippen molar-refractivity contribution in [1.82, 2.24) is 29.3 Å². The van der Waals surface area contributed by atoms with Crippen molar-refractivity contribution in [2.24, 2.45) is 32.6 Å². The summed E-state index contributed by atoms with van der Waals surface area (Å²) in [5.41, 5.74) is 13.4. The van der Waals surface area contributed by atoms with Crippen LogP contribution in [0.25, 0.3) is 0 Å². The normalized spacial score (nSPS) is 15.5. The van der Waals surface area contributed by atoms with Crippen molar-refractivity contribution in [2.45, 2.75) is 37.8 Å². The van der Waals surface area contributed by atoms with Crippen LogP contribution in [0.1, 0.15) is 67.6 Å². The molecule has 2 unspecified atom stereocenters. The van der Waals surface area contributed by atoms with Crippen LogP contribution in [0.5, 0.6) is 0 Å². The third-order valence-corrected chi connectivity index (χ3v) is 8.49. The molecule has 1 fully saturated rings. The van der Waals surface area contributed by atoms with E-state index in [2.05, 4.69) is 36.9 Å². The van der Waals surface area contributed by atoms with Gasteiger partial charge in [0.05, 0.1) is 35.8 Å². The van der Waals surface area contributed by atoms with Crippen LogP contribution in [0.4, 0.5) is 22.7 Å². The van der Waals surface area contributed by atoms with Gasteiger partial charge in [-0.2, -0.15) is 0 Å². The molecule has 0 saturated heterocycles. The van der Waals surface area contributed by atoms with Gasteiger partial charge in [0.1, 0.15) is 22.8 Å². The number of aryl methyl sites for hydroxylation is 3. The predicted molar refractivity (Wildman–Crippen MR) is 189 cm³/mol. The van der Waals surface area contributed by atoms with Crippen molar-refractivity contribution in [3.05, 3.63) is 71.8 Å². The highest BCUT2D eigenvalue weighted by Gasteiger charge is 2.30. The number of anilines is 4. The highest BCUT2D eigenvalue weighted by Crippen LogP contribution is 2.23. The first-order valence-corrected chi connectivity index (χ1v) is 16.3. The molecule has 4 aromatic rings. The van der Waals surface area contributed by atoms with Gasteiger partial charge in [-0.15, -0.1) is 0 Å². The van der Waals surface area contributed by atoms with Crippen LogP contribution in [0.2, 0.25) is 0 Å². The van der Waals surface area contributed by atoms with E-state index in [-0.39, 0.29) is 54.3 Å². The van der Waals surface area contributed by atoms with Crippen molar-refractivity contribution < 1.29 is 28.8 Å². The number of nitrogens with one attached hydrogen (secondary N) is 7. The summed E-state index contributed by atoms with van der Waals surface area (Å²) in [6.07, 6.45) is 9.33. The van der Waals surface area contributed by atoms with E-state index < -0.39 is 17.7 Å². The molecule has 0 aliphatic heterocycles. The fourth-order valence-electron chi connectivity index (χ4n) is 5.95. The van der Waals surface area contributed by atoms with Gasteiger partial charge in [0, 0.05) is 58.0 Å². The summed E-state index contributed by atoms with van der Waals surface area (Å²) in [5, 5.41) is 16.8. The molecule has 0 bridgehead atoms. The second kappa shape index (κ2) is 15.6. The largest absolute Gasteiger partial charge is 0.355 e. The van der Waals surface area contributed by atoms with Crippen LogP contribution in [0.15, 0.2) is 49.1 Å². The van der Waals surface area contributed by atoms with Crippen molar-refractivity contribution in [2.75, 3.05) is 34.4 Å². The summed E-state index contributed by atoms with van der Waals surface area (Å²) in [5.74, 6) is -2.43. The van der Waals surface area contributed by atoms with Gasteiger partial charge in [0.2, 0.25) is 11.8 Å². The zero-order valence-corrected chi connectivity index (χ0v) is 28.5. The molecular formula is C33H42N12O6. The molecule has 6 amide bonds. The third kappa shape index (κ3) is 8.72. The van der Waals surface area contributed by atoms with Gasteiger partial charge in [0.15, 0.2) is 0 Å². The average molecular weight is 703 g/mol. The predicted octanol–water partition coefficient (Wildman–Crippen LogP) is 0.800. The number of nitrogens with two attached hydrogens (primary N) is 2. The minimum absolute atomic E-state index is 0.188. The molecule has 18 heteroatoms. The molecule has 0 aromatic carbocycles. The lowest BCUT2D eigenvalue weighted by Gasteiger charge is -2.32. The number of aromatic amines is 1. The Labute approximate surface area is 292 Å². The average Bonchev–Trinajstić information content (AvgIpc) is 3.88. The summed E-state index contributed by atoms with van der Waals surface area (Å²) in [7, 11) is 5.04. The van der Waals surface area contributed by atoms with Gasteiger partial charge >= 0.3 is 0 Å². The van der Waals surface area contributed by atoms with Crippen LogP contribution in [0.3, 0.4) is 0 Å². The molecule has 18 nitrogen and oxygen atoms in total. The number of nitrogens with zero attached hydrogens (tertiary/aromatic N) is 3. The number of hydrogen-bond donors (Lipinski definition) is 9. The second-order valence-electron chi connectivity index (χ2n) is 12.3. The minimum atomic E-state index is -0.471. The van der Waals surface area contributed by atoms with Crippen LogP contribution in [-0.2, 0) is 30.7 Å². The number of carbonyl (C=O) groups is 6. The monoisotopic (exact) mass is 702 g/mol. The Morgan fingerprint density at radius 3 is 1.49 bits per heavy atom.